The molecule has 1 fully saturated rings. The van der Waals surface area contributed by atoms with Gasteiger partial charge in [-0.05, 0) is 68.0 Å². The third-order valence-electron chi connectivity index (χ3n) is 5.40. The molecule has 4 N–H and O–H groups in total. The van der Waals surface area contributed by atoms with E-state index in [2.05, 4.69) is 5.32 Å². The summed E-state index contributed by atoms with van der Waals surface area (Å²) in [5, 5.41) is 9.33. The van der Waals surface area contributed by atoms with Crippen LogP contribution in [0.5, 0.6) is 0 Å². The summed E-state index contributed by atoms with van der Waals surface area (Å²) < 4.78 is 58.1. The van der Waals surface area contributed by atoms with E-state index in [9.17, 15) is 22.4 Å². The largest absolute Gasteiger partial charge is 0.483 e. The van der Waals surface area contributed by atoms with Gasteiger partial charge < -0.3 is 20.9 Å². The number of rotatable bonds is 5. The Bertz CT molecular complexity index is 935. The third kappa shape index (κ3) is 7.45. The van der Waals surface area contributed by atoms with Gasteiger partial charge in [0, 0.05) is 18.2 Å². The number of anilines is 2. The maximum Gasteiger partial charge on any atom is 0.416 e. The fraction of sp³-hybridized carbons (Fsp3) is 0.391. The van der Waals surface area contributed by atoms with Crippen LogP contribution in [0.1, 0.15) is 43.2 Å². The van der Waals surface area contributed by atoms with Crippen molar-refractivity contribution in [3.8, 4) is 0 Å². The van der Waals surface area contributed by atoms with Gasteiger partial charge in [-0.25, -0.2) is 4.39 Å². The summed E-state index contributed by atoms with van der Waals surface area (Å²) in [6.07, 6.45) is -3.05. The van der Waals surface area contributed by atoms with Gasteiger partial charge in [-0.1, -0.05) is 12.1 Å². The number of carbonyl (C=O) groups excluding carboxylic acids is 1. The number of nitrogen functional groups attached to an aromatic ring is 1. The van der Waals surface area contributed by atoms with Crippen molar-refractivity contribution in [2.75, 3.05) is 17.7 Å². The number of nitrogens with two attached hydrogens (primary N) is 1. The van der Waals surface area contributed by atoms with E-state index in [1.807, 2.05) is 19.1 Å². The standard InChI is InChI=1S/C22H24F4N2O2.CH2O2/c1-2-30-18-10-14(13-3-6-17(27)7-4-13)9-15(11-18)21(29)28-20-8-5-16(12-19(20)23)22(24,25)26;2-1-3/h3-8,12,14-15,18H,2,9-11,27H2,1H3,(H,28,29);1H,(H,2,3). The lowest BCUT2D eigenvalue weighted by atomic mass is 9.76. The van der Waals surface area contributed by atoms with Crippen LogP contribution in [0.2, 0.25) is 0 Å². The van der Waals surface area contributed by atoms with E-state index in [0.717, 1.165) is 24.1 Å². The molecule has 1 aliphatic rings. The smallest absolute Gasteiger partial charge is 0.416 e. The molecular formula is C23H26F4N2O4. The molecule has 0 bridgehead atoms. The molecule has 6 nitrogen and oxygen atoms in total. The molecule has 3 atom stereocenters. The van der Waals surface area contributed by atoms with E-state index >= 15 is 0 Å². The summed E-state index contributed by atoms with van der Waals surface area (Å²) >= 11 is 0. The molecule has 2 aromatic rings. The fourth-order valence-corrected chi connectivity index (χ4v) is 3.92. The van der Waals surface area contributed by atoms with E-state index in [1.165, 1.54) is 0 Å². The molecule has 0 radical (unpaired) electrons. The SMILES string of the molecule is CCOC1CC(C(=O)Nc2ccc(C(F)(F)F)cc2F)CC(c2ccc(N)cc2)C1.O=CO. The van der Waals surface area contributed by atoms with Crippen LogP contribution in [0.25, 0.3) is 0 Å². The number of nitrogens with one attached hydrogen (secondary N) is 1. The van der Waals surface area contributed by atoms with Gasteiger partial charge in [-0.15, -0.1) is 0 Å². The molecule has 180 valence electrons. The molecule has 1 amide bonds. The van der Waals surface area contributed by atoms with Crippen molar-refractivity contribution in [1.29, 1.82) is 0 Å². The molecule has 33 heavy (non-hydrogen) atoms. The maximum atomic E-state index is 14.1. The van der Waals surface area contributed by atoms with Crippen LogP contribution in [-0.2, 0) is 20.5 Å². The zero-order valence-electron chi connectivity index (χ0n) is 17.9. The van der Waals surface area contributed by atoms with Crippen molar-refractivity contribution in [2.24, 2.45) is 5.92 Å². The second-order valence-electron chi connectivity index (χ2n) is 7.63. The van der Waals surface area contributed by atoms with Gasteiger partial charge in [0.15, 0.2) is 0 Å². The van der Waals surface area contributed by atoms with E-state index in [0.29, 0.717) is 31.2 Å². The Labute approximate surface area is 188 Å². The van der Waals surface area contributed by atoms with Crippen LogP contribution >= 0.6 is 0 Å². The summed E-state index contributed by atoms with van der Waals surface area (Å²) in [5.41, 5.74) is 6.06. The van der Waals surface area contributed by atoms with Crippen LogP contribution in [0, 0.1) is 11.7 Å². The maximum absolute atomic E-state index is 14.1. The van der Waals surface area contributed by atoms with Crippen molar-refractivity contribution >= 4 is 23.8 Å². The minimum atomic E-state index is -4.65. The molecule has 1 aliphatic carbocycles. The van der Waals surface area contributed by atoms with Gasteiger partial charge in [0.25, 0.3) is 6.47 Å². The Kier molecular flexibility index (Phi) is 9.22. The number of hydrogen-bond donors (Lipinski definition) is 3. The topological polar surface area (TPSA) is 102 Å². The lowest BCUT2D eigenvalue weighted by Gasteiger charge is -2.34. The Morgan fingerprint density at radius 2 is 1.82 bits per heavy atom. The average molecular weight is 470 g/mol. The summed E-state index contributed by atoms with van der Waals surface area (Å²) in [4.78, 5) is 21.2. The Hall–Kier alpha value is -3.14. The molecule has 0 heterocycles. The predicted molar refractivity (Wildman–Crippen MR) is 115 cm³/mol. The quantitative estimate of drug-likeness (QED) is 0.322. The van der Waals surface area contributed by atoms with Crippen LogP contribution in [0.15, 0.2) is 42.5 Å². The second-order valence-corrected chi connectivity index (χ2v) is 7.63. The van der Waals surface area contributed by atoms with Crippen LogP contribution in [-0.4, -0.2) is 30.2 Å². The number of amides is 1. The van der Waals surface area contributed by atoms with Crippen LogP contribution < -0.4 is 11.1 Å². The fourth-order valence-electron chi connectivity index (χ4n) is 3.92. The van der Waals surface area contributed by atoms with Crippen molar-refractivity contribution in [3.05, 3.63) is 59.4 Å². The third-order valence-corrected chi connectivity index (χ3v) is 5.40. The summed E-state index contributed by atoms with van der Waals surface area (Å²) in [7, 11) is 0. The number of carboxylic acid groups (broad SMARTS) is 1. The van der Waals surface area contributed by atoms with Gasteiger partial charge in [-0.2, -0.15) is 13.2 Å². The first-order valence-corrected chi connectivity index (χ1v) is 10.3. The minimum absolute atomic E-state index is 0.0594. The molecule has 10 heteroatoms. The number of halogens is 4. The molecular weight excluding hydrogens is 444 g/mol. The molecule has 2 aromatic carbocycles. The minimum Gasteiger partial charge on any atom is -0.483 e. The molecule has 0 aromatic heterocycles. The summed E-state index contributed by atoms with van der Waals surface area (Å²) in [5.74, 6) is -1.95. The van der Waals surface area contributed by atoms with E-state index in [4.69, 9.17) is 20.4 Å². The number of ether oxygens (including phenoxy) is 1. The van der Waals surface area contributed by atoms with E-state index in [-0.39, 0.29) is 24.2 Å². The Balaban J connectivity index is 0.00000122. The van der Waals surface area contributed by atoms with Gasteiger partial charge in [-0.3, -0.25) is 9.59 Å². The highest BCUT2D eigenvalue weighted by Crippen LogP contribution is 2.39. The van der Waals surface area contributed by atoms with Crippen molar-refractivity contribution in [2.45, 2.75) is 44.4 Å². The molecule has 0 saturated heterocycles. The number of alkyl halides is 3. The monoisotopic (exact) mass is 470 g/mol. The van der Waals surface area contributed by atoms with Gasteiger partial charge in [0.2, 0.25) is 5.91 Å². The average Bonchev–Trinajstić information content (AvgIpc) is 2.75. The number of carbonyl (C=O) groups is 2. The summed E-state index contributed by atoms with van der Waals surface area (Å²) in [6.45, 7) is 2.13. The lowest BCUT2D eigenvalue weighted by molar-refractivity contribution is -0.137. The number of hydrogen-bond acceptors (Lipinski definition) is 4. The van der Waals surface area contributed by atoms with Gasteiger partial charge in [0.1, 0.15) is 5.82 Å². The molecule has 3 rings (SSSR count). The van der Waals surface area contributed by atoms with Crippen LogP contribution in [0.3, 0.4) is 0 Å². The normalized spacial score (nSPS) is 20.3. The van der Waals surface area contributed by atoms with Crippen molar-refractivity contribution < 1.29 is 37.0 Å². The second kappa shape index (κ2) is 11.6. The summed E-state index contributed by atoms with van der Waals surface area (Å²) in [6, 6.07) is 9.50. The Morgan fingerprint density at radius 3 is 2.36 bits per heavy atom. The zero-order chi connectivity index (χ0) is 24.6. The zero-order valence-corrected chi connectivity index (χ0v) is 17.9. The number of benzene rings is 2. The first-order chi connectivity index (χ1) is 15.6. The first kappa shape index (κ1) is 26.1. The van der Waals surface area contributed by atoms with E-state index in [1.54, 1.807) is 12.1 Å². The molecule has 0 spiro atoms. The highest BCUT2D eigenvalue weighted by atomic mass is 19.4. The highest BCUT2D eigenvalue weighted by Gasteiger charge is 2.35. The Morgan fingerprint density at radius 1 is 1.18 bits per heavy atom. The molecule has 1 saturated carbocycles. The molecule has 0 aliphatic heterocycles. The first-order valence-electron chi connectivity index (χ1n) is 10.3. The lowest BCUT2D eigenvalue weighted by Crippen LogP contribution is -2.35. The van der Waals surface area contributed by atoms with Crippen molar-refractivity contribution in [1.82, 2.24) is 0 Å². The van der Waals surface area contributed by atoms with E-state index < -0.39 is 29.4 Å². The van der Waals surface area contributed by atoms with Gasteiger partial charge in [0.05, 0.1) is 17.4 Å². The van der Waals surface area contributed by atoms with Crippen LogP contribution in [0.4, 0.5) is 28.9 Å². The van der Waals surface area contributed by atoms with Crippen molar-refractivity contribution in [3.63, 3.8) is 0 Å². The molecule has 3 unspecified atom stereocenters. The highest BCUT2D eigenvalue weighted by molar-refractivity contribution is 5.92. The van der Waals surface area contributed by atoms with Gasteiger partial charge >= 0.3 is 6.18 Å². The predicted octanol–water partition coefficient (Wildman–Crippen LogP) is 5.06.